The van der Waals surface area contributed by atoms with Crippen LogP contribution in [0.1, 0.15) is 12.0 Å². The highest BCUT2D eigenvalue weighted by Crippen LogP contribution is 2.23. The summed E-state index contributed by atoms with van der Waals surface area (Å²) in [4.78, 5) is 2.50. The molecule has 0 saturated carbocycles. The van der Waals surface area contributed by atoms with Crippen LogP contribution in [0.25, 0.3) is 0 Å². The van der Waals surface area contributed by atoms with Gasteiger partial charge in [0.05, 0.1) is 0 Å². The Kier molecular flexibility index (Phi) is 4.64. The third-order valence-electron chi connectivity index (χ3n) is 3.73. The number of hydrogen-bond donors (Lipinski definition) is 1. The van der Waals surface area contributed by atoms with Crippen LogP contribution in [0, 0.1) is 0 Å². The first kappa shape index (κ1) is 13.3. The molecular formula is C15H22N2OS. The molecule has 4 heteroatoms. The number of benzene rings is 1. The molecular weight excluding hydrogens is 256 g/mol. The van der Waals surface area contributed by atoms with Gasteiger partial charge in [0.2, 0.25) is 0 Å². The van der Waals surface area contributed by atoms with Crippen molar-refractivity contribution in [1.82, 2.24) is 10.2 Å². The Morgan fingerprint density at radius 1 is 1.21 bits per heavy atom. The molecule has 0 spiro atoms. The van der Waals surface area contributed by atoms with Gasteiger partial charge in [-0.25, -0.2) is 0 Å². The van der Waals surface area contributed by atoms with Gasteiger partial charge in [0.25, 0.3) is 0 Å². The lowest BCUT2D eigenvalue weighted by atomic mass is 10.2. The molecule has 1 unspecified atom stereocenters. The average molecular weight is 278 g/mol. The Balaban J connectivity index is 1.52. The number of piperazine rings is 1. The summed E-state index contributed by atoms with van der Waals surface area (Å²) in [5.74, 6) is 3.41. The normalized spacial score (nSPS) is 24.5. The van der Waals surface area contributed by atoms with Crippen molar-refractivity contribution in [2.75, 3.05) is 37.7 Å². The number of hydrogen-bond acceptors (Lipinski definition) is 4. The molecule has 2 aliphatic heterocycles. The molecule has 1 atom stereocenters. The molecule has 1 aromatic carbocycles. The van der Waals surface area contributed by atoms with E-state index in [1.807, 2.05) is 11.8 Å². The lowest BCUT2D eigenvalue weighted by molar-refractivity contribution is 0.227. The molecule has 0 radical (unpaired) electrons. The van der Waals surface area contributed by atoms with Crippen molar-refractivity contribution in [1.29, 1.82) is 0 Å². The van der Waals surface area contributed by atoms with Crippen molar-refractivity contribution in [3.8, 4) is 5.75 Å². The molecule has 0 aliphatic carbocycles. The number of rotatable bonds is 4. The third kappa shape index (κ3) is 3.88. The quantitative estimate of drug-likeness (QED) is 0.910. The average Bonchev–Trinajstić information content (AvgIpc) is 2.95. The van der Waals surface area contributed by atoms with Crippen LogP contribution in [0.4, 0.5) is 0 Å². The van der Waals surface area contributed by atoms with E-state index in [9.17, 15) is 0 Å². The zero-order valence-electron chi connectivity index (χ0n) is 11.3. The molecule has 1 aromatic rings. The predicted molar refractivity (Wildman–Crippen MR) is 80.9 cm³/mol. The Bertz CT molecular complexity index is 384. The summed E-state index contributed by atoms with van der Waals surface area (Å²) in [6.45, 7) is 5.58. The van der Waals surface area contributed by atoms with Gasteiger partial charge >= 0.3 is 0 Å². The summed E-state index contributed by atoms with van der Waals surface area (Å²) in [5.41, 5.74) is 1.38. The zero-order valence-corrected chi connectivity index (χ0v) is 12.1. The van der Waals surface area contributed by atoms with Gasteiger partial charge in [-0.05, 0) is 29.9 Å². The number of nitrogens with one attached hydrogen (secondary N) is 1. The van der Waals surface area contributed by atoms with Crippen LogP contribution in [-0.4, -0.2) is 48.7 Å². The summed E-state index contributed by atoms with van der Waals surface area (Å²) >= 11 is 1.99. The van der Waals surface area contributed by atoms with Gasteiger partial charge in [-0.3, -0.25) is 4.90 Å². The first-order valence-electron chi connectivity index (χ1n) is 7.16. The molecule has 2 aliphatic rings. The highest BCUT2D eigenvalue weighted by Gasteiger charge is 2.17. The monoisotopic (exact) mass is 278 g/mol. The third-order valence-corrected chi connectivity index (χ3v) is 4.86. The van der Waals surface area contributed by atoms with Gasteiger partial charge in [-0.15, -0.1) is 0 Å². The van der Waals surface area contributed by atoms with Crippen LogP contribution < -0.4 is 10.1 Å². The van der Waals surface area contributed by atoms with Crippen molar-refractivity contribution in [2.45, 2.75) is 19.1 Å². The Morgan fingerprint density at radius 2 is 2.00 bits per heavy atom. The fraction of sp³-hybridized carbons (Fsp3) is 0.600. The van der Waals surface area contributed by atoms with Crippen LogP contribution in [-0.2, 0) is 6.54 Å². The van der Waals surface area contributed by atoms with E-state index in [1.165, 1.54) is 17.7 Å². The maximum Gasteiger partial charge on any atom is 0.119 e. The van der Waals surface area contributed by atoms with Crippen LogP contribution in [0.15, 0.2) is 24.3 Å². The van der Waals surface area contributed by atoms with Crippen LogP contribution in [0.2, 0.25) is 0 Å². The lowest BCUT2D eigenvalue weighted by Crippen LogP contribution is -2.42. The molecule has 0 bridgehead atoms. The summed E-state index contributed by atoms with van der Waals surface area (Å²) < 4.78 is 5.98. The topological polar surface area (TPSA) is 24.5 Å². The Morgan fingerprint density at radius 3 is 2.68 bits per heavy atom. The maximum absolute atomic E-state index is 5.98. The van der Waals surface area contributed by atoms with Crippen molar-refractivity contribution < 1.29 is 4.74 Å². The SMILES string of the molecule is c1cc(OC2CCSC2)ccc1CN1CCNCC1. The first-order chi connectivity index (χ1) is 9.40. The van der Waals surface area contributed by atoms with Crippen LogP contribution in [0.5, 0.6) is 5.75 Å². The van der Waals surface area contributed by atoms with Crippen LogP contribution in [0.3, 0.4) is 0 Å². The molecule has 19 heavy (non-hydrogen) atoms. The fourth-order valence-corrected chi connectivity index (χ4v) is 3.69. The molecule has 2 fully saturated rings. The molecule has 0 amide bonds. The number of nitrogens with zero attached hydrogens (tertiary/aromatic N) is 1. The zero-order chi connectivity index (χ0) is 12.9. The minimum atomic E-state index is 0.420. The van der Waals surface area contributed by atoms with Crippen LogP contribution >= 0.6 is 11.8 Å². The van der Waals surface area contributed by atoms with Gasteiger partial charge < -0.3 is 10.1 Å². The van der Waals surface area contributed by atoms with E-state index >= 15 is 0 Å². The highest BCUT2D eigenvalue weighted by atomic mass is 32.2. The van der Waals surface area contributed by atoms with Gasteiger partial charge in [-0.1, -0.05) is 12.1 Å². The van der Waals surface area contributed by atoms with Crippen molar-refractivity contribution >= 4 is 11.8 Å². The molecule has 2 saturated heterocycles. The second-order valence-corrected chi connectivity index (χ2v) is 6.42. The number of ether oxygens (including phenoxy) is 1. The van der Waals surface area contributed by atoms with E-state index in [0.717, 1.165) is 44.2 Å². The highest BCUT2D eigenvalue weighted by molar-refractivity contribution is 7.99. The number of thioether (sulfide) groups is 1. The van der Waals surface area contributed by atoms with E-state index in [2.05, 4.69) is 34.5 Å². The van der Waals surface area contributed by atoms with Gasteiger partial charge in [-0.2, -0.15) is 11.8 Å². The van der Waals surface area contributed by atoms with Gasteiger partial charge in [0.1, 0.15) is 11.9 Å². The second-order valence-electron chi connectivity index (χ2n) is 5.27. The molecule has 104 valence electrons. The minimum Gasteiger partial charge on any atom is -0.490 e. The predicted octanol–water partition coefficient (Wildman–Crippen LogP) is 1.98. The summed E-state index contributed by atoms with van der Waals surface area (Å²) in [5, 5.41) is 3.39. The van der Waals surface area contributed by atoms with Crippen molar-refractivity contribution in [3.05, 3.63) is 29.8 Å². The van der Waals surface area contributed by atoms with Crippen molar-refractivity contribution in [2.24, 2.45) is 0 Å². The van der Waals surface area contributed by atoms with E-state index < -0.39 is 0 Å². The summed E-state index contributed by atoms with van der Waals surface area (Å²) in [7, 11) is 0. The van der Waals surface area contributed by atoms with Gasteiger partial charge in [0.15, 0.2) is 0 Å². The van der Waals surface area contributed by atoms with E-state index in [0.29, 0.717) is 6.10 Å². The Labute approximate surface area is 119 Å². The van der Waals surface area contributed by atoms with E-state index in [1.54, 1.807) is 0 Å². The van der Waals surface area contributed by atoms with Crippen molar-refractivity contribution in [3.63, 3.8) is 0 Å². The maximum atomic E-state index is 5.98. The molecule has 3 nitrogen and oxygen atoms in total. The minimum absolute atomic E-state index is 0.420. The lowest BCUT2D eigenvalue weighted by Gasteiger charge is -2.27. The molecule has 2 heterocycles. The fourth-order valence-electron chi connectivity index (χ4n) is 2.60. The van der Waals surface area contributed by atoms with E-state index in [-0.39, 0.29) is 0 Å². The largest absolute Gasteiger partial charge is 0.490 e. The second kappa shape index (κ2) is 6.64. The first-order valence-corrected chi connectivity index (χ1v) is 8.32. The molecule has 1 N–H and O–H groups in total. The van der Waals surface area contributed by atoms with E-state index in [4.69, 9.17) is 4.74 Å². The summed E-state index contributed by atoms with van der Waals surface area (Å²) in [6, 6.07) is 8.67. The standard InChI is InChI=1S/C15H22N2OS/c1-3-14(18-15-5-10-19-12-15)4-2-13(1)11-17-8-6-16-7-9-17/h1-4,15-16H,5-12H2. The molecule has 3 rings (SSSR count). The smallest absolute Gasteiger partial charge is 0.119 e. The Hall–Kier alpha value is -0.710. The summed E-state index contributed by atoms with van der Waals surface area (Å²) in [6.07, 6.45) is 1.61. The van der Waals surface area contributed by atoms with Gasteiger partial charge in [0, 0.05) is 38.5 Å². The molecule has 0 aromatic heterocycles.